The first-order chi connectivity index (χ1) is 8.58. The molecule has 18 heavy (non-hydrogen) atoms. The van der Waals surface area contributed by atoms with Crippen molar-refractivity contribution in [3.05, 3.63) is 29.3 Å². The summed E-state index contributed by atoms with van der Waals surface area (Å²) in [5.41, 5.74) is 2.80. The predicted molar refractivity (Wildman–Crippen MR) is 70.4 cm³/mol. The monoisotopic (exact) mass is 246 g/mol. The number of fused-ring (bicyclic) bond motifs is 1. The van der Waals surface area contributed by atoms with Crippen LogP contribution in [0.2, 0.25) is 0 Å². The lowest BCUT2D eigenvalue weighted by atomic mass is 10.1. The first-order valence-corrected chi connectivity index (χ1v) is 6.29. The molecule has 4 nitrogen and oxygen atoms in total. The van der Waals surface area contributed by atoms with E-state index in [1.165, 1.54) is 0 Å². The summed E-state index contributed by atoms with van der Waals surface area (Å²) in [4.78, 5) is 23.0. The molecule has 1 aliphatic heterocycles. The van der Waals surface area contributed by atoms with E-state index in [-0.39, 0.29) is 17.9 Å². The van der Waals surface area contributed by atoms with Crippen molar-refractivity contribution >= 4 is 17.5 Å². The normalized spacial score (nSPS) is 14.9. The summed E-state index contributed by atoms with van der Waals surface area (Å²) in [5.74, 6) is 0.0489. The quantitative estimate of drug-likeness (QED) is 0.848. The summed E-state index contributed by atoms with van der Waals surface area (Å²) in [6, 6.07) is 5.89. The zero-order valence-corrected chi connectivity index (χ0v) is 10.7. The lowest BCUT2D eigenvalue weighted by molar-refractivity contribution is -0.121. The van der Waals surface area contributed by atoms with Crippen LogP contribution in [0.3, 0.4) is 0 Å². The van der Waals surface area contributed by atoms with Gasteiger partial charge >= 0.3 is 0 Å². The van der Waals surface area contributed by atoms with Crippen molar-refractivity contribution in [2.75, 3.05) is 5.32 Å². The van der Waals surface area contributed by atoms with Gasteiger partial charge in [-0.25, -0.2) is 0 Å². The van der Waals surface area contributed by atoms with Crippen molar-refractivity contribution in [3.63, 3.8) is 0 Å². The highest BCUT2D eigenvalue weighted by Gasteiger charge is 2.18. The van der Waals surface area contributed by atoms with Crippen molar-refractivity contribution in [2.45, 2.75) is 39.2 Å². The zero-order chi connectivity index (χ0) is 13.1. The fourth-order valence-corrected chi connectivity index (χ4v) is 2.01. The molecule has 2 rings (SSSR count). The zero-order valence-electron chi connectivity index (χ0n) is 10.7. The summed E-state index contributed by atoms with van der Waals surface area (Å²) in [6.45, 7) is 4.03. The molecule has 1 aromatic carbocycles. The van der Waals surface area contributed by atoms with Crippen LogP contribution in [0.1, 0.15) is 31.4 Å². The van der Waals surface area contributed by atoms with Crippen molar-refractivity contribution in [1.82, 2.24) is 5.32 Å². The van der Waals surface area contributed by atoms with Gasteiger partial charge in [-0.05, 0) is 30.5 Å². The number of carbonyl (C=O) groups is 2. The van der Waals surface area contributed by atoms with Crippen LogP contribution in [-0.2, 0) is 22.4 Å². The summed E-state index contributed by atoms with van der Waals surface area (Å²) in [6.07, 6.45) is 1.70. The van der Waals surface area contributed by atoms with Crippen LogP contribution in [0, 0.1) is 0 Å². The second-order valence-electron chi connectivity index (χ2n) is 4.77. The van der Waals surface area contributed by atoms with Crippen molar-refractivity contribution in [2.24, 2.45) is 0 Å². The van der Waals surface area contributed by atoms with Gasteiger partial charge < -0.3 is 10.6 Å². The minimum atomic E-state index is 0.0196. The SMILES string of the molecule is CCC(C)NC(=O)Cc1ccc2c(c1)CC(=O)N2. The van der Waals surface area contributed by atoms with E-state index >= 15 is 0 Å². The number of hydrogen-bond acceptors (Lipinski definition) is 2. The largest absolute Gasteiger partial charge is 0.353 e. The minimum absolute atomic E-state index is 0.0196. The number of anilines is 1. The summed E-state index contributed by atoms with van der Waals surface area (Å²) >= 11 is 0. The van der Waals surface area contributed by atoms with E-state index in [1.807, 2.05) is 32.0 Å². The van der Waals surface area contributed by atoms with E-state index in [2.05, 4.69) is 10.6 Å². The minimum Gasteiger partial charge on any atom is -0.353 e. The maximum atomic E-state index is 11.8. The average Bonchev–Trinajstić information content (AvgIpc) is 2.68. The molecule has 2 amide bonds. The predicted octanol–water partition coefficient (Wildman–Crippen LogP) is 1.64. The Bertz CT molecular complexity index is 483. The molecule has 0 fully saturated rings. The molecule has 0 bridgehead atoms. The summed E-state index contributed by atoms with van der Waals surface area (Å²) in [5, 5.41) is 5.71. The molecule has 4 heteroatoms. The molecule has 96 valence electrons. The maximum absolute atomic E-state index is 11.8. The van der Waals surface area contributed by atoms with Crippen LogP contribution in [0.4, 0.5) is 5.69 Å². The molecule has 1 heterocycles. The van der Waals surface area contributed by atoms with Crippen LogP contribution in [-0.4, -0.2) is 17.9 Å². The topological polar surface area (TPSA) is 58.2 Å². The van der Waals surface area contributed by atoms with Crippen molar-refractivity contribution < 1.29 is 9.59 Å². The number of amides is 2. The summed E-state index contributed by atoms with van der Waals surface area (Å²) < 4.78 is 0. The first kappa shape index (κ1) is 12.6. The van der Waals surface area contributed by atoms with Crippen LogP contribution >= 0.6 is 0 Å². The smallest absolute Gasteiger partial charge is 0.228 e. The molecular formula is C14H18N2O2. The number of rotatable bonds is 4. The highest BCUT2D eigenvalue weighted by atomic mass is 16.2. The lowest BCUT2D eigenvalue weighted by Gasteiger charge is -2.11. The van der Waals surface area contributed by atoms with Crippen LogP contribution in [0.25, 0.3) is 0 Å². The average molecular weight is 246 g/mol. The third-order valence-corrected chi connectivity index (χ3v) is 3.18. The van der Waals surface area contributed by atoms with Gasteiger partial charge in [-0.2, -0.15) is 0 Å². The van der Waals surface area contributed by atoms with Crippen molar-refractivity contribution in [3.8, 4) is 0 Å². The number of nitrogens with one attached hydrogen (secondary N) is 2. The Morgan fingerprint density at radius 1 is 1.50 bits per heavy atom. The van der Waals surface area contributed by atoms with Gasteiger partial charge in [0.05, 0.1) is 12.8 Å². The Kier molecular flexibility index (Phi) is 3.65. The summed E-state index contributed by atoms with van der Waals surface area (Å²) in [7, 11) is 0. The molecular weight excluding hydrogens is 228 g/mol. The van der Waals surface area contributed by atoms with Gasteiger partial charge in [0.25, 0.3) is 0 Å². The standard InChI is InChI=1S/C14H18N2O2/c1-3-9(2)15-13(17)7-10-4-5-12-11(6-10)8-14(18)16-12/h4-6,9H,3,7-8H2,1-2H3,(H,15,17)(H,16,18). The van der Waals surface area contributed by atoms with Crippen LogP contribution in [0.5, 0.6) is 0 Å². The third kappa shape index (κ3) is 2.88. The van der Waals surface area contributed by atoms with E-state index in [4.69, 9.17) is 0 Å². The Morgan fingerprint density at radius 2 is 2.28 bits per heavy atom. The van der Waals surface area contributed by atoms with E-state index in [0.29, 0.717) is 12.8 Å². The Labute approximate surface area is 107 Å². The fraction of sp³-hybridized carbons (Fsp3) is 0.429. The highest BCUT2D eigenvalue weighted by Crippen LogP contribution is 2.23. The second-order valence-corrected chi connectivity index (χ2v) is 4.77. The van der Waals surface area contributed by atoms with Crippen LogP contribution in [0.15, 0.2) is 18.2 Å². The van der Waals surface area contributed by atoms with E-state index < -0.39 is 0 Å². The Hall–Kier alpha value is -1.84. The molecule has 1 atom stereocenters. The fourth-order valence-electron chi connectivity index (χ4n) is 2.01. The van der Waals surface area contributed by atoms with Gasteiger partial charge in [-0.3, -0.25) is 9.59 Å². The molecule has 0 radical (unpaired) electrons. The number of benzene rings is 1. The molecule has 1 aliphatic rings. The molecule has 0 saturated carbocycles. The highest BCUT2D eigenvalue weighted by molar-refractivity contribution is 5.99. The molecule has 0 spiro atoms. The van der Waals surface area contributed by atoms with Gasteiger partial charge in [-0.15, -0.1) is 0 Å². The molecule has 1 unspecified atom stereocenters. The van der Waals surface area contributed by atoms with Gasteiger partial charge in [0.2, 0.25) is 11.8 Å². The molecule has 0 aromatic heterocycles. The second kappa shape index (κ2) is 5.21. The Morgan fingerprint density at radius 3 is 3.00 bits per heavy atom. The van der Waals surface area contributed by atoms with E-state index in [0.717, 1.165) is 23.2 Å². The van der Waals surface area contributed by atoms with Crippen molar-refractivity contribution in [1.29, 1.82) is 0 Å². The molecule has 0 aliphatic carbocycles. The lowest BCUT2D eigenvalue weighted by Crippen LogP contribution is -2.33. The first-order valence-electron chi connectivity index (χ1n) is 6.29. The van der Waals surface area contributed by atoms with Gasteiger partial charge in [0.1, 0.15) is 0 Å². The van der Waals surface area contributed by atoms with Gasteiger partial charge in [0.15, 0.2) is 0 Å². The van der Waals surface area contributed by atoms with Gasteiger partial charge in [0, 0.05) is 11.7 Å². The van der Waals surface area contributed by atoms with Gasteiger partial charge in [-0.1, -0.05) is 19.1 Å². The van der Waals surface area contributed by atoms with E-state index in [9.17, 15) is 9.59 Å². The Balaban J connectivity index is 2.01. The number of carbonyl (C=O) groups excluding carboxylic acids is 2. The third-order valence-electron chi connectivity index (χ3n) is 3.18. The number of hydrogen-bond donors (Lipinski definition) is 2. The van der Waals surface area contributed by atoms with E-state index in [1.54, 1.807) is 0 Å². The molecule has 1 aromatic rings. The van der Waals surface area contributed by atoms with Crippen LogP contribution < -0.4 is 10.6 Å². The molecule has 2 N–H and O–H groups in total. The maximum Gasteiger partial charge on any atom is 0.228 e. The molecule has 0 saturated heterocycles.